The number of carbonyl (C=O) groups excluding carboxylic acids is 4. The molecule has 4 unspecified atom stereocenters. The number of non-ortho nitro benzene ring substituents is 1. The van der Waals surface area contributed by atoms with E-state index in [2.05, 4.69) is 15.9 Å². The van der Waals surface area contributed by atoms with Gasteiger partial charge in [0.25, 0.3) is 5.69 Å². The van der Waals surface area contributed by atoms with Crippen LogP contribution in [0, 0.1) is 27.9 Å². The fourth-order valence-corrected chi connectivity index (χ4v) is 6.68. The highest BCUT2D eigenvalue weighted by Gasteiger charge is 2.56. The summed E-state index contributed by atoms with van der Waals surface area (Å²) in [6, 6.07) is 11.6. The third kappa shape index (κ3) is 3.51. The highest BCUT2D eigenvalue weighted by atomic mass is 79.9. The van der Waals surface area contributed by atoms with Crippen LogP contribution in [-0.2, 0) is 19.2 Å². The largest absolute Gasteiger partial charge is 0.508 e. The number of allylic oxidation sites excluding steroid dienone is 6. The number of amides is 2. The number of benzene rings is 2. The maximum atomic E-state index is 13.8. The summed E-state index contributed by atoms with van der Waals surface area (Å²) in [5.74, 6) is -3.89. The van der Waals surface area contributed by atoms with E-state index in [9.17, 15) is 34.4 Å². The van der Waals surface area contributed by atoms with Gasteiger partial charge in [0.05, 0.1) is 26.9 Å². The molecule has 9 nitrogen and oxygen atoms in total. The number of anilines is 1. The van der Waals surface area contributed by atoms with Gasteiger partial charge in [-0.2, -0.15) is 0 Å². The highest BCUT2D eigenvalue weighted by molar-refractivity contribution is 9.12. The van der Waals surface area contributed by atoms with Crippen molar-refractivity contribution >= 4 is 50.7 Å². The minimum Gasteiger partial charge on any atom is -0.508 e. The van der Waals surface area contributed by atoms with Crippen molar-refractivity contribution in [2.45, 2.75) is 18.8 Å². The van der Waals surface area contributed by atoms with E-state index in [1.54, 1.807) is 12.1 Å². The number of nitro groups is 1. The molecule has 3 aliphatic carbocycles. The molecule has 0 aromatic heterocycles. The molecule has 190 valence electrons. The predicted octanol–water partition coefficient (Wildman–Crippen LogP) is 4.27. The number of nitrogens with zero attached hydrogens (tertiary/aromatic N) is 2. The van der Waals surface area contributed by atoms with Crippen LogP contribution < -0.4 is 4.90 Å². The van der Waals surface area contributed by atoms with Crippen LogP contribution >= 0.6 is 15.9 Å². The monoisotopic (exact) mass is 574 g/mol. The van der Waals surface area contributed by atoms with Crippen LogP contribution in [0.3, 0.4) is 0 Å². The van der Waals surface area contributed by atoms with Gasteiger partial charge in [0.1, 0.15) is 5.75 Å². The Morgan fingerprint density at radius 2 is 1.63 bits per heavy atom. The van der Waals surface area contributed by atoms with Gasteiger partial charge in [0.2, 0.25) is 11.8 Å². The Balaban J connectivity index is 1.45. The Morgan fingerprint density at radius 3 is 2.29 bits per heavy atom. The number of halogens is 1. The number of Topliss-reactive ketones (excluding diaryl/α,β-unsaturated/α-hetero) is 1. The molecular weight excluding hydrogens is 556 g/mol. The van der Waals surface area contributed by atoms with E-state index >= 15 is 0 Å². The van der Waals surface area contributed by atoms with Crippen LogP contribution in [0.5, 0.6) is 5.75 Å². The molecule has 1 heterocycles. The molecule has 2 aromatic rings. The zero-order valence-electron chi connectivity index (χ0n) is 19.7. The third-order valence-electron chi connectivity index (χ3n) is 7.88. The number of rotatable bonds is 3. The quantitative estimate of drug-likeness (QED) is 0.190. The second kappa shape index (κ2) is 8.70. The average Bonchev–Trinajstić information content (AvgIpc) is 3.16. The lowest BCUT2D eigenvalue weighted by atomic mass is 9.59. The molecule has 4 aliphatic rings. The number of fused-ring (bicyclic) bond motifs is 3. The normalized spacial score (nSPS) is 26.5. The number of carbonyl (C=O) groups is 4. The Bertz CT molecular complexity index is 1550. The molecule has 2 amide bonds. The molecule has 0 radical (unpaired) electrons. The summed E-state index contributed by atoms with van der Waals surface area (Å²) >= 11 is 3.20. The molecule has 10 heteroatoms. The molecule has 1 aliphatic heterocycles. The van der Waals surface area contributed by atoms with Gasteiger partial charge in [0.15, 0.2) is 11.6 Å². The minimum atomic E-state index is -0.751. The molecule has 0 bridgehead atoms. The molecular formula is C28H19BrN2O7. The van der Waals surface area contributed by atoms with Crippen molar-refractivity contribution in [3.63, 3.8) is 0 Å². The fourth-order valence-electron chi connectivity index (χ4n) is 6.23. The smallest absolute Gasteiger partial charge is 0.269 e. The van der Waals surface area contributed by atoms with E-state index < -0.39 is 40.4 Å². The summed E-state index contributed by atoms with van der Waals surface area (Å²) in [6.45, 7) is 0. The zero-order chi connectivity index (χ0) is 26.9. The molecule has 6 rings (SSSR count). The van der Waals surface area contributed by atoms with Crippen LogP contribution in [-0.4, -0.2) is 33.4 Å². The van der Waals surface area contributed by atoms with E-state index in [1.807, 2.05) is 6.08 Å². The Hall–Kier alpha value is -4.18. The minimum absolute atomic E-state index is 0.0528. The Labute approximate surface area is 224 Å². The lowest BCUT2D eigenvalue weighted by Gasteiger charge is -2.42. The topological polar surface area (TPSA) is 135 Å². The lowest BCUT2D eigenvalue weighted by Crippen LogP contribution is -2.39. The summed E-state index contributed by atoms with van der Waals surface area (Å²) in [5, 5.41) is 20.9. The number of nitro benzene ring substituents is 1. The molecule has 1 N–H and O–H groups in total. The number of ketones is 2. The van der Waals surface area contributed by atoms with Gasteiger partial charge in [-0.3, -0.25) is 34.2 Å². The fraction of sp³-hybridized carbons (Fsp3) is 0.214. The van der Waals surface area contributed by atoms with Gasteiger partial charge >= 0.3 is 0 Å². The summed E-state index contributed by atoms with van der Waals surface area (Å²) in [5.41, 5.74) is 2.27. The van der Waals surface area contributed by atoms with Gasteiger partial charge in [-0.15, -0.1) is 0 Å². The van der Waals surface area contributed by atoms with Gasteiger partial charge in [-0.1, -0.05) is 23.8 Å². The van der Waals surface area contributed by atoms with E-state index in [0.29, 0.717) is 16.7 Å². The summed E-state index contributed by atoms with van der Waals surface area (Å²) in [4.78, 5) is 65.2. The number of phenols is 1. The Morgan fingerprint density at radius 1 is 0.947 bits per heavy atom. The molecule has 1 saturated heterocycles. The van der Waals surface area contributed by atoms with Crippen molar-refractivity contribution in [3.05, 3.63) is 97.6 Å². The summed E-state index contributed by atoms with van der Waals surface area (Å²) < 4.78 is 0.145. The second-order valence-corrected chi connectivity index (χ2v) is 10.6. The Kier molecular flexibility index (Phi) is 5.53. The van der Waals surface area contributed by atoms with Gasteiger partial charge in [-0.25, -0.2) is 0 Å². The van der Waals surface area contributed by atoms with Gasteiger partial charge in [0, 0.05) is 35.3 Å². The second-order valence-electron chi connectivity index (χ2n) is 9.77. The van der Waals surface area contributed by atoms with E-state index in [-0.39, 0.29) is 46.0 Å². The number of hydrogen-bond donors (Lipinski definition) is 1. The van der Waals surface area contributed by atoms with Crippen molar-refractivity contribution in [1.29, 1.82) is 0 Å². The third-order valence-corrected chi connectivity index (χ3v) is 8.47. The molecule has 2 aromatic carbocycles. The van der Waals surface area contributed by atoms with Crippen LogP contribution in [0.2, 0.25) is 0 Å². The van der Waals surface area contributed by atoms with Crippen molar-refractivity contribution < 1.29 is 29.2 Å². The predicted molar refractivity (Wildman–Crippen MR) is 138 cm³/mol. The summed E-state index contributed by atoms with van der Waals surface area (Å²) in [7, 11) is 0. The van der Waals surface area contributed by atoms with Crippen molar-refractivity contribution in [1.82, 2.24) is 0 Å². The van der Waals surface area contributed by atoms with Crippen LogP contribution in [0.1, 0.15) is 24.3 Å². The highest BCUT2D eigenvalue weighted by Crippen LogP contribution is 2.55. The first-order valence-corrected chi connectivity index (χ1v) is 12.8. The van der Waals surface area contributed by atoms with Gasteiger partial charge in [-0.05, 0) is 64.5 Å². The standard InChI is InChI=1S/C28H19BrN2O7/c29-21-12-22(33)25-20(26(21)34)11-19-17(23(25)13-1-7-16(32)8-2-13)9-10-18-24(19)28(36)30(27(18)35)14-3-5-15(6-4-14)31(37)38/h1-9,12,18-19,23-24,32H,10-11H2. The maximum Gasteiger partial charge on any atom is 0.269 e. The van der Waals surface area contributed by atoms with Crippen LogP contribution in [0.4, 0.5) is 11.4 Å². The van der Waals surface area contributed by atoms with Crippen LogP contribution in [0.15, 0.2) is 81.9 Å². The lowest BCUT2D eigenvalue weighted by molar-refractivity contribution is -0.384. The SMILES string of the molecule is O=C1C=C(Br)C(=O)C2=C1C(c1ccc(O)cc1)C1=CCC3C(=O)N(c4ccc([N+](=O)[O-])cc4)C(=O)C3C1C2. The van der Waals surface area contributed by atoms with E-state index in [0.717, 1.165) is 10.5 Å². The first-order chi connectivity index (χ1) is 18.2. The molecule has 0 spiro atoms. The molecule has 1 fully saturated rings. The first-order valence-electron chi connectivity index (χ1n) is 12.0. The van der Waals surface area contributed by atoms with Crippen molar-refractivity contribution in [2.75, 3.05) is 4.90 Å². The van der Waals surface area contributed by atoms with Crippen molar-refractivity contribution in [2.24, 2.45) is 17.8 Å². The molecule has 4 atom stereocenters. The molecule has 0 saturated carbocycles. The van der Waals surface area contributed by atoms with Gasteiger partial charge < -0.3 is 5.11 Å². The number of hydrogen-bond acceptors (Lipinski definition) is 7. The molecule has 38 heavy (non-hydrogen) atoms. The summed E-state index contributed by atoms with van der Waals surface area (Å²) in [6.07, 6.45) is 3.59. The van der Waals surface area contributed by atoms with E-state index in [4.69, 9.17) is 0 Å². The first kappa shape index (κ1) is 24.2. The number of aromatic hydroxyl groups is 1. The van der Waals surface area contributed by atoms with Crippen LogP contribution in [0.25, 0.3) is 0 Å². The van der Waals surface area contributed by atoms with Crippen molar-refractivity contribution in [3.8, 4) is 5.75 Å². The zero-order valence-corrected chi connectivity index (χ0v) is 21.3. The average molecular weight is 575 g/mol. The number of imide groups is 1. The van der Waals surface area contributed by atoms with E-state index in [1.165, 1.54) is 42.5 Å². The maximum absolute atomic E-state index is 13.8. The number of phenolic OH excluding ortho intramolecular Hbond substituents is 1.